The summed E-state index contributed by atoms with van der Waals surface area (Å²) in [7, 11) is 0. The van der Waals surface area contributed by atoms with E-state index in [1.54, 1.807) is 24.4 Å². The van der Waals surface area contributed by atoms with E-state index in [4.69, 9.17) is 0 Å². The highest BCUT2D eigenvalue weighted by Gasteiger charge is 2.35. The number of carbonyl (C=O) groups excluding carboxylic acids is 1. The summed E-state index contributed by atoms with van der Waals surface area (Å²) in [6, 6.07) is 8.36. The fraction of sp³-hybridized carbons (Fsp3) is 0.250. The molecule has 9 heteroatoms. The first kappa shape index (κ1) is 19.1. The number of fused-ring (bicyclic) bond motifs is 1. The Morgan fingerprint density at radius 2 is 1.62 bits per heavy atom. The number of aromatic amines is 1. The predicted octanol–water partition coefficient (Wildman–Crippen LogP) is 5.33. The topological polar surface area (TPSA) is 60.2 Å². The molecule has 1 aliphatic heterocycles. The molecule has 0 radical (unpaired) electrons. The Morgan fingerprint density at radius 1 is 0.966 bits per heavy atom. The third-order valence-corrected chi connectivity index (χ3v) is 4.90. The largest absolute Gasteiger partial charge is 0.366 e. The van der Waals surface area contributed by atoms with Crippen molar-refractivity contribution in [2.75, 3.05) is 28.6 Å². The van der Waals surface area contributed by atoms with Crippen LogP contribution >= 0.6 is 0 Å². The summed E-state index contributed by atoms with van der Waals surface area (Å²) in [5, 5.41) is 5.88. The molecule has 3 aromatic rings. The van der Waals surface area contributed by atoms with Gasteiger partial charge in [-0.2, -0.15) is 0 Å². The minimum absolute atomic E-state index is 0.0775. The number of benzene rings is 2. The molecule has 1 saturated heterocycles. The van der Waals surface area contributed by atoms with E-state index >= 15 is 0 Å². The number of anilines is 3. The highest BCUT2D eigenvalue weighted by atomic mass is 19.3. The zero-order valence-electron chi connectivity index (χ0n) is 15.2. The van der Waals surface area contributed by atoms with Crippen LogP contribution in [0.4, 0.5) is 39.4 Å². The number of aromatic nitrogens is 1. The minimum atomic E-state index is -2.81. The van der Waals surface area contributed by atoms with E-state index in [-0.39, 0.29) is 24.5 Å². The Labute approximate surface area is 163 Å². The van der Waals surface area contributed by atoms with Gasteiger partial charge in [-0.05, 0) is 36.4 Å². The molecule has 29 heavy (non-hydrogen) atoms. The van der Waals surface area contributed by atoms with E-state index in [1.165, 1.54) is 4.90 Å². The highest BCUT2D eigenvalue weighted by Crippen LogP contribution is 2.34. The van der Waals surface area contributed by atoms with E-state index < -0.39 is 36.4 Å². The maximum Gasteiger partial charge on any atom is 0.323 e. The van der Waals surface area contributed by atoms with Crippen LogP contribution in [0.15, 0.2) is 42.6 Å². The number of hydrogen-bond acceptors (Lipinski definition) is 2. The highest BCUT2D eigenvalue weighted by molar-refractivity contribution is 6.01. The molecule has 1 aromatic heterocycles. The van der Waals surface area contributed by atoms with Crippen LogP contribution in [0, 0.1) is 11.6 Å². The molecule has 0 unspecified atom stereocenters. The summed E-state index contributed by atoms with van der Waals surface area (Å²) in [5.41, 5.74) is 0.989. The number of nitrogens with one attached hydrogen (secondary N) is 3. The summed E-state index contributed by atoms with van der Waals surface area (Å²) < 4.78 is 55.5. The van der Waals surface area contributed by atoms with Crippen molar-refractivity contribution >= 4 is 34.0 Å². The maximum atomic E-state index is 14.5. The summed E-state index contributed by atoms with van der Waals surface area (Å²) >= 11 is 0. The molecule has 1 aliphatic rings. The lowest BCUT2D eigenvalue weighted by Crippen LogP contribution is -2.40. The fourth-order valence-corrected chi connectivity index (χ4v) is 3.42. The van der Waals surface area contributed by atoms with Gasteiger partial charge in [0.1, 0.15) is 5.69 Å². The molecule has 1 fully saturated rings. The molecule has 3 N–H and O–H groups in total. The van der Waals surface area contributed by atoms with Crippen LogP contribution < -0.4 is 15.5 Å². The van der Waals surface area contributed by atoms with Gasteiger partial charge in [0.25, 0.3) is 5.92 Å². The van der Waals surface area contributed by atoms with Crippen LogP contribution in [0.3, 0.4) is 0 Å². The molecule has 2 amide bonds. The van der Waals surface area contributed by atoms with Crippen LogP contribution in [-0.4, -0.2) is 30.0 Å². The SMILES string of the molecule is O=C(Nc1cc(F)c(N2CCC(F)(F)CC2)c(F)c1)Nc1ccc2[nH]ccc2c1. The van der Waals surface area contributed by atoms with Crippen LogP contribution in [0.5, 0.6) is 0 Å². The number of nitrogens with zero attached hydrogens (tertiary/aromatic N) is 1. The molecule has 2 aromatic carbocycles. The number of amides is 2. The first-order valence-electron chi connectivity index (χ1n) is 9.08. The molecule has 0 saturated carbocycles. The molecule has 0 bridgehead atoms. The second-order valence-corrected chi connectivity index (χ2v) is 6.99. The zero-order chi connectivity index (χ0) is 20.6. The van der Waals surface area contributed by atoms with Crippen LogP contribution in [0.25, 0.3) is 10.9 Å². The average Bonchev–Trinajstić information content (AvgIpc) is 3.10. The summed E-state index contributed by atoms with van der Waals surface area (Å²) in [6.07, 6.45) is 0.852. The Morgan fingerprint density at radius 3 is 2.31 bits per heavy atom. The lowest BCUT2D eigenvalue weighted by molar-refractivity contribution is -0.0222. The smallest absolute Gasteiger partial charge is 0.323 e. The van der Waals surface area contributed by atoms with Gasteiger partial charge in [0.15, 0.2) is 11.6 Å². The third-order valence-electron chi connectivity index (χ3n) is 4.90. The van der Waals surface area contributed by atoms with Gasteiger partial charge in [-0.25, -0.2) is 22.4 Å². The predicted molar refractivity (Wildman–Crippen MR) is 104 cm³/mol. The maximum absolute atomic E-state index is 14.5. The van der Waals surface area contributed by atoms with Crippen molar-refractivity contribution in [1.29, 1.82) is 0 Å². The van der Waals surface area contributed by atoms with Gasteiger partial charge >= 0.3 is 6.03 Å². The fourth-order valence-electron chi connectivity index (χ4n) is 3.42. The number of alkyl halides is 2. The van der Waals surface area contributed by atoms with Gasteiger partial charge in [0, 0.05) is 54.4 Å². The number of piperidine rings is 1. The van der Waals surface area contributed by atoms with Crippen molar-refractivity contribution in [2.45, 2.75) is 18.8 Å². The summed E-state index contributed by atoms with van der Waals surface area (Å²) in [5.74, 6) is -4.65. The standard InChI is InChI=1S/C20H18F4N4O/c21-15-10-14(11-16(22)18(15)28-7-4-20(23,24)5-8-28)27-19(29)26-13-1-2-17-12(9-13)3-6-25-17/h1-3,6,9-11,25H,4-5,7-8H2,(H2,26,27,29). The average molecular weight is 406 g/mol. The van der Waals surface area contributed by atoms with Gasteiger partial charge in [-0.1, -0.05) is 0 Å². The number of hydrogen-bond donors (Lipinski definition) is 3. The first-order valence-corrected chi connectivity index (χ1v) is 9.08. The Kier molecular flexibility index (Phi) is 4.81. The Bertz CT molecular complexity index is 1030. The van der Waals surface area contributed by atoms with Gasteiger partial charge in [-0.15, -0.1) is 0 Å². The first-order chi connectivity index (χ1) is 13.8. The van der Waals surface area contributed by atoms with Crippen molar-refractivity contribution in [3.8, 4) is 0 Å². The van der Waals surface area contributed by atoms with E-state index in [0.717, 1.165) is 23.0 Å². The van der Waals surface area contributed by atoms with E-state index in [1.807, 2.05) is 6.07 Å². The van der Waals surface area contributed by atoms with Gasteiger partial charge < -0.3 is 20.5 Å². The quantitative estimate of drug-likeness (QED) is 0.515. The van der Waals surface area contributed by atoms with E-state index in [2.05, 4.69) is 15.6 Å². The summed E-state index contributed by atoms with van der Waals surface area (Å²) in [4.78, 5) is 16.5. The molecular weight excluding hydrogens is 388 g/mol. The number of halogens is 4. The molecule has 0 spiro atoms. The number of carbonyl (C=O) groups is 1. The van der Waals surface area contributed by atoms with Crippen LogP contribution in [0.1, 0.15) is 12.8 Å². The molecule has 4 rings (SSSR count). The van der Waals surface area contributed by atoms with Crippen LogP contribution in [0.2, 0.25) is 0 Å². The van der Waals surface area contributed by atoms with Crippen molar-refractivity contribution in [2.24, 2.45) is 0 Å². The number of H-pyrrole nitrogens is 1. The van der Waals surface area contributed by atoms with Gasteiger partial charge in [0.05, 0.1) is 0 Å². The molecule has 5 nitrogen and oxygen atoms in total. The third kappa shape index (κ3) is 4.13. The van der Waals surface area contributed by atoms with Crippen molar-refractivity contribution in [1.82, 2.24) is 4.98 Å². The van der Waals surface area contributed by atoms with Crippen molar-refractivity contribution in [3.63, 3.8) is 0 Å². The normalized spacial score (nSPS) is 16.1. The van der Waals surface area contributed by atoms with Crippen molar-refractivity contribution < 1.29 is 22.4 Å². The lowest BCUT2D eigenvalue weighted by Gasteiger charge is -2.33. The number of urea groups is 1. The molecule has 2 heterocycles. The lowest BCUT2D eigenvalue weighted by atomic mass is 10.1. The molecule has 0 atom stereocenters. The van der Waals surface area contributed by atoms with Gasteiger partial charge in [-0.3, -0.25) is 0 Å². The monoisotopic (exact) mass is 406 g/mol. The van der Waals surface area contributed by atoms with Crippen molar-refractivity contribution in [3.05, 3.63) is 54.2 Å². The number of rotatable bonds is 3. The van der Waals surface area contributed by atoms with Gasteiger partial charge in [0.2, 0.25) is 0 Å². The van der Waals surface area contributed by atoms with Crippen LogP contribution in [-0.2, 0) is 0 Å². The Hall–Kier alpha value is -3.23. The molecule has 0 aliphatic carbocycles. The second-order valence-electron chi connectivity index (χ2n) is 6.99. The summed E-state index contributed by atoms with van der Waals surface area (Å²) in [6.45, 7) is -0.286. The molecule has 152 valence electrons. The van der Waals surface area contributed by atoms with E-state index in [0.29, 0.717) is 5.69 Å². The zero-order valence-corrected chi connectivity index (χ0v) is 15.2. The van der Waals surface area contributed by atoms with E-state index in [9.17, 15) is 22.4 Å². The second kappa shape index (κ2) is 7.31. The Balaban J connectivity index is 1.45. The molecular formula is C20H18F4N4O. The minimum Gasteiger partial charge on any atom is -0.366 e.